The lowest BCUT2D eigenvalue weighted by Crippen LogP contribution is -2.17. The number of halogens is 1. The first-order valence-electron chi connectivity index (χ1n) is 6.67. The van der Waals surface area contributed by atoms with Crippen LogP contribution in [-0.2, 0) is 0 Å². The molecule has 0 aliphatic carbocycles. The number of aromatic hydroxyl groups is 1. The molecule has 0 saturated heterocycles. The third-order valence-corrected chi connectivity index (χ3v) is 3.95. The van der Waals surface area contributed by atoms with Crippen LogP contribution in [0.4, 0.5) is 0 Å². The van der Waals surface area contributed by atoms with E-state index in [4.69, 9.17) is 4.74 Å². The molecule has 0 aliphatic heterocycles. The van der Waals surface area contributed by atoms with Crippen LogP contribution in [0.25, 0.3) is 10.9 Å². The van der Waals surface area contributed by atoms with Crippen molar-refractivity contribution in [3.8, 4) is 11.5 Å². The summed E-state index contributed by atoms with van der Waals surface area (Å²) in [7, 11) is 1.46. The molecule has 0 aliphatic rings. The van der Waals surface area contributed by atoms with E-state index in [9.17, 15) is 9.90 Å². The van der Waals surface area contributed by atoms with Crippen LogP contribution >= 0.6 is 15.9 Å². The second-order valence-electron chi connectivity index (χ2n) is 4.70. The molecule has 116 valence electrons. The third-order valence-electron chi connectivity index (χ3n) is 3.27. The van der Waals surface area contributed by atoms with Crippen LogP contribution in [0.1, 0.15) is 5.56 Å². The van der Waals surface area contributed by atoms with Gasteiger partial charge in [0.05, 0.1) is 24.2 Å². The number of rotatable bonds is 3. The van der Waals surface area contributed by atoms with Crippen LogP contribution in [0.5, 0.6) is 11.5 Å². The van der Waals surface area contributed by atoms with Gasteiger partial charge in [-0.2, -0.15) is 9.78 Å². The molecule has 2 aromatic carbocycles. The van der Waals surface area contributed by atoms with Gasteiger partial charge in [0.2, 0.25) is 0 Å². The Morgan fingerprint density at radius 1 is 1.35 bits per heavy atom. The molecule has 0 unspecified atom stereocenters. The first-order chi connectivity index (χ1) is 11.1. The van der Waals surface area contributed by atoms with Crippen molar-refractivity contribution < 1.29 is 9.84 Å². The summed E-state index contributed by atoms with van der Waals surface area (Å²) in [4.78, 5) is 16.5. The van der Waals surface area contributed by atoms with Gasteiger partial charge in [0.15, 0.2) is 11.5 Å². The van der Waals surface area contributed by atoms with E-state index < -0.39 is 0 Å². The van der Waals surface area contributed by atoms with Gasteiger partial charge >= 0.3 is 0 Å². The molecule has 0 fully saturated rings. The minimum absolute atomic E-state index is 0.0149. The molecule has 6 nitrogen and oxygen atoms in total. The van der Waals surface area contributed by atoms with Crippen LogP contribution in [0, 0.1) is 0 Å². The summed E-state index contributed by atoms with van der Waals surface area (Å²) < 4.78 is 6.85. The van der Waals surface area contributed by atoms with Crippen molar-refractivity contribution in [2.24, 2.45) is 5.10 Å². The molecule has 1 heterocycles. The smallest absolute Gasteiger partial charge is 0.281 e. The molecule has 0 atom stereocenters. The standard InChI is InChI=1S/C16H12BrN3O3/c1-23-15-6-10(12(17)7-14(15)21)8-19-20-9-18-13-5-3-2-4-11(13)16(20)22/h2-9,21H,1H3/b19-8-. The van der Waals surface area contributed by atoms with E-state index in [-0.39, 0.29) is 11.3 Å². The maximum Gasteiger partial charge on any atom is 0.281 e. The molecule has 3 rings (SSSR count). The molecule has 7 heteroatoms. The minimum atomic E-state index is -0.256. The third kappa shape index (κ3) is 2.95. The monoisotopic (exact) mass is 373 g/mol. The Labute approximate surface area is 139 Å². The summed E-state index contributed by atoms with van der Waals surface area (Å²) in [6.07, 6.45) is 2.86. The Morgan fingerprint density at radius 2 is 2.13 bits per heavy atom. The van der Waals surface area contributed by atoms with Crippen LogP contribution in [0.2, 0.25) is 0 Å². The number of aromatic nitrogens is 2. The number of phenolic OH excluding ortho intramolecular Hbond substituents is 1. The lowest BCUT2D eigenvalue weighted by Gasteiger charge is -2.06. The van der Waals surface area contributed by atoms with Crippen molar-refractivity contribution >= 4 is 33.0 Å². The first-order valence-corrected chi connectivity index (χ1v) is 7.46. The highest BCUT2D eigenvalue weighted by atomic mass is 79.9. The average Bonchev–Trinajstić information content (AvgIpc) is 2.56. The SMILES string of the molecule is COc1cc(/C=N\n2cnc3ccccc3c2=O)c(Br)cc1O. The van der Waals surface area contributed by atoms with E-state index in [1.807, 2.05) is 6.07 Å². The van der Waals surface area contributed by atoms with Crippen molar-refractivity contribution in [2.45, 2.75) is 0 Å². The molecule has 3 aromatic rings. The highest BCUT2D eigenvalue weighted by Gasteiger charge is 2.07. The van der Waals surface area contributed by atoms with E-state index in [1.54, 1.807) is 24.3 Å². The lowest BCUT2D eigenvalue weighted by molar-refractivity contribution is 0.373. The number of hydrogen-bond acceptors (Lipinski definition) is 5. The maximum absolute atomic E-state index is 12.3. The predicted octanol–water partition coefficient (Wildman–Crippen LogP) is 2.76. The van der Waals surface area contributed by atoms with Gasteiger partial charge in [0.25, 0.3) is 5.56 Å². The number of para-hydroxylation sites is 1. The summed E-state index contributed by atoms with van der Waals surface area (Å²) in [6, 6.07) is 10.2. The number of phenols is 1. The van der Waals surface area contributed by atoms with Gasteiger partial charge in [-0.15, -0.1) is 0 Å². The Bertz CT molecular complexity index is 966. The van der Waals surface area contributed by atoms with Crippen molar-refractivity contribution in [1.82, 2.24) is 9.66 Å². The van der Waals surface area contributed by atoms with Crippen molar-refractivity contribution in [2.75, 3.05) is 7.11 Å². The Hall–Kier alpha value is -2.67. The van der Waals surface area contributed by atoms with Crippen molar-refractivity contribution in [3.63, 3.8) is 0 Å². The van der Waals surface area contributed by atoms with Crippen LogP contribution < -0.4 is 10.3 Å². The van der Waals surface area contributed by atoms with Crippen LogP contribution in [-0.4, -0.2) is 28.1 Å². The predicted molar refractivity (Wildman–Crippen MR) is 91.4 cm³/mol. The topological polar surface area (TPSA) is 76.7 Å². The minimum Gasteiger partial charge on any atom is -0.504 e. The molecule has 0 radical (unpaired) electrons. The molecule has 0 spiro atoms. The van der Waals surface area contributed by atoms with Gasteiger partial charge in [-0.25, -0.2) is 4.98 Å². The van der Waals surface area contributed by atoms with Crippen molar-refractivity contribution in [3.05, 3.63) is 63.1 Å². The fourth-order valence-corrected chi connectivity index (χ4v) is 2.52. The fourth-order valence-electron chi connectivity index (χ4n) is 2.09. The Kier molecular flexibility index (Phi) is 4.12. The zero-order valence-electron chi connectivity index (χ0n) is 12.1. The second kappa shape index (κ2) is 6.21. The lowest BCUT2D eigenvalue weighted by atomic mass is 10.2. The molecule has 0 amide bonds. The van der Waals surface area contributed by atoms with Gasteiger partial charge in [-0.05, 0) is 40.2 Å². The zero-order chi connectivity index (χ0) is 16.4. The van der Waals surface area contributed by atoms with E-state index in [1.165, 1.54) is 25.7 Å². The average molecular weight is 374 g/mol. The summed E-state index contributed by atoms with van der Waals surface area (Å²) in [5, 5.41) is 14.3. The summed E-state index contributed by atoms with van der Waals surface area (Å²) in [5.74, 6) is 0.333. The number of fused-ring (bicyclic) bond motifs is 1. The van der Waals surface area contributed by atoms with E-state index >= 15 is 0 Å². The van der Waals surface area contributed by atoms with Gasteiger partial charge < -0.3 is 9.84 Å². The molecule has 23 heavy (non-hydrogen) atoms. The molecular formula is C16H12BrN3O3. The van der Waals surface area contributed by atoms with Crippen LogP contribution in [0.15, 0.2) is 57.1 Å². The largest absolute Gasteiger partial charge is 0.504 e. The molecule has 0 bridgehead atoms. The fraction of sp³-hybridized carbons (Fsp3) is 0.0625. The summed E-state index contributed by atoms with van der Waals surface area (Å²) in [5.41, 5.74) is 1.02. The number of benzene rings is 2. The van der Waals surface area contributed by atoms with Gasteiger partial charge in [-0.3, -0.25) is 4.79 Å². The number of methoxy groups -OCH3 is 1. The van der Waals surface area contributed by atoms with E-state index in [0.717, 1.165) is 4.68 Å². The van der Waals surface area contributed by atoms with Gasteiger partial charge in [0.1, 0.15) is 6.33 Å². The Balaban J connectivity index is 2.04. The number of ether oxygens (including phenoxy) is 1. The molecule has 1 aromatic heterocycles. The second-order valence-corrected chi connectivity index (χ2v) is 5.56. The molecular weight excluding hydrogens is 362 g/mol. The first kappa shape index (κ1) is 15.2. The molecule has 0 saturated carbocycles. The Morgan fingerprint density at radius 3 is 2.91 bits per heavy atom. The normalized spacial score (nSPS) is 11.2. The number of hydrogen-bond donors (Lipinski definition) is 1. The number of nitrogens with zero attached hydrogens (tertiary/aromatic N) is 3. The maximum atomic E-state index is 12.3. The van der Waals surface area contributed by atoms with Crippen LogP contribution in [0.3, 0.4) is 0 Å². The van der Waals surface area contributed by atoms with Gasteiger partial charge in [0, 0.05) is 10.0 Å². The van der Waals surface area contributed by atoms with Gasteiger partial charge in [-0.1, -0.05) is 12.1 Å². The quantitative estimate of drug-likeness (QED) is 0.716. The van der Waals surface area contributed by atoms with E-state index in [0.29, 0.717) is 26.7 Å². The summed E-state index contributed by atoms with van der Waals surface area (Å²) >= 11 is 3.33. The van der Waals surface area contributed by atoms with Crippen molar-refractivity contribution in [1.29, 1.82) is 0 Å². The highest BCUT2D eigenvalue weighted by Crippen LogP contribution is 2.31. The highest BCUT2D eigenvalue weighted by molar-refractivity contribution is 9.10. The zero-order valence-corrected chi connectivity index (χ0v) is 13.7. The summed E-state index contributed by atoms with van der Waals surface area (Å²) in [6.45, 7) is 0. The molecule has 1 N–H and O–H groups in total. The van der Waals surface area contributed by atoms with E-state index in [2.05, 4.69) is 26.0 Å².